The van der Waals surface area contributed by atoms with Crippen molar-refractivity contribution in [1.82, 2.24) is 19.7 Å². The lowest BCUT2D eigenvalue weighted by Crippen LogP contribution is -2.00. The van der Waals surface area contributed by atoms with Crippen molar-refractivity contribution >= 4 is 0 Å². The van der Waals surface area contributed by atoms with Crippen molar-refractivity contribution in [3.05, 3.63) is 66.7 Å². The third-order valence-electron chi connectivity index (χ3n) is 2.66. The van der Waals surface area contributed by atoms with Gasteiger partial charge in [0.25, 0.3) is 0 Å². The maximum Gasteiger partial charge on any atom is 0.181 e. The predicted molar refractivity (Wildman–Crippen MR) is 68.8 cm³/mol. The van der Waals surface area contributed by atoms with Gasteiger partial charge in [-0.2, -0.15) is 5.10 Å². The number of hydrogen-bond donors (Lipinski definition) is 0. The van der Waals surface area contributed by atoms with Gasteiger partial charge in [0.15, 0.2) is 5.82 Å². The van der Waals surface area contributed by atoms with Crippen LogP contribution in [0.15, 0.2) is 61.2 Å². The molecule has 0 unspecified atom stereocenters. The highest BCUT2D eigenvalue weighted by atomic mass is 15.3. The molecule has 3 aromatic rings. The molecule has 0 radical (unpaired) electrons. The van der Waals surface area contributed by atoms with Crippen LogP contribution in [-0.4, -0.2) is 19.7 Å². The van der Waals surface area contributed by atoms with Gasteiger partial charge in [0.2, 0.25) is 0 Å². The van der Waals surface area contributed by atoms with Crippen molar-refractivity contribution in [2.45, 2.75) is 6.54 Å². The van der Waals surface area contributed by atoms with Crippen molar-refractivity contribution < 1.29 is 0 Å². The second-order valence-corrected chi connectivity index (χ2v) is 3.99. The third-order valence-corrected chi connectivity index (χ3v) is 2.66. The van der Waals surface area contributed by atoms with Crippen molar-refractivity contribution in [2.75, 3.05) is 0 Å². The molecule has 1 aromatic carbocycles. The van der Waals surface area contributed by atoms with Gasteiger partial charge in [-0.15, -0.1) is 0 Å². The maximum atomic E-state index is 4.46. The molecule has 0 saturated carbocycles. The fraction of sp³-hybridized carbons (Fsp3) is 0.0714. The summed E-state index contributed by atoms with van der Waals surface area (Å²) in [6.45, 7) is 0.711. The highest BCUT2D eigenvalue weighted by Crippen LogP contribution is 2.13. The summed E-state index contributed by atoms with van der Waals surface area (Å²) in [5, 5.41) is 4.46. The van der Waals surface area contributed by atoms with E-state index in [1.165, 1.54) is 0 Å². The molecule has 0 fully saturated rings. The molecule has 18 heavy (non-hydrogen) atoms. The zero-order chi connectivity index (χ0) is 12.2. The van der Waals surface area contributed by atoms with Crippen LogP contribution in [0.5, 0.6) is 0 Å². The molecule has 0 bridgehead atoms. The molecule has 4 nitrogen and oxygen atoms in total. The van der Waals surface area contributed by atoms with E-state index in [2.05, 4.69) is 15.1 Å². The predicted octanol–water partition coefficient (Wildman–Crippen LogP) is 2.39. The number of nitrogens with zero attached hydrogens (tertiary/aromatic N) is 4. The van der Waals surface area contributed by atoms with E-state index in [4.69, 9.17) is 0 Å². The standard InChI is InChI=1S/C14H12N4/c1-2-4-13(5-3-1)14-16-11-18(17-14)10-12-6-8-15-9-7-12/h1-9,11H,10H2. The molecule has 0 saturated heterocycles. The van der Waals surface area contributed by atoms with E-state index < -0.39 is 0 Å². The van der Waals surface area contributed by atoms with Crippen LogP contribution in [0, 0.1) is 0 Å². The van der Waals surface area contributed by atoms with Crippen LogP contribution in [-0.2, 0) is 6.54 Å². The number of pyridine rings is 1. The van der Waals surface area contributed by atoms with Gasteiger partial charge in [-0.05, 0) is 17.7 Å². The van der Waals surface area contributed by atoms with E-state index in [0.29, 0.717) is 6.54 Å². The molecule has 0 aliphatic heterocycles. The Kier molecular flexibility index (Phi) is 2.84. The van der Waals surface area contributed by atoms with Gasteiger partial charge >= 0.3 is 0 Å². The highest BCUT2D eigenvalue weighted by Gasteiger charge is 2.03. The van der Waals surface area contributed by atoms with Crippen molar-refractivity contribution in [1.29, 1.82) is 0 Å². The van der Waals surface area contributed by atoms with E-state index in [0.717, 1.165) is 17.0 Å². The van der Waals surface area contributed by atoms with E-state index >= 15 is 0 Å². The molecule has 4 heteroatoms. The van der Waals surface area contributed by atoms with Crippen LogP contribution in [0.1, 0.15) is 5.56 Å². The monoisotopic (exact) mass is 236 g/mol. The minimum Gasteiger partial charge on any atom is -0.265 e. The van der Waals surface area contributed by atoms with Gasteiger partial charge < -0.3 is 0 Å². The van der Waals surface area contributed by atoms with Gasteiger partial charge in [-0.1, -0.05) is 30.3 Å². The number of aromatic nitrogens is 4. The fourth-order valence-electron chi connectivity index (χ4n) is 1.77. The summed E-state index contributed by atoms with van der Waals surface area (Å²) >= 11 is 0. The SMILES string of the molecule is c1ccc(-c2ncn(Cc3ccncc3)n2)cc1. The molecular weight excluding hydrogens is 224 g/mol. The molecule has 2 heterocycles. The van der Waals surface area contributed by atoms with Gasteiger partial charge in [-0.25, -0.2) is 9.67 Å². The first-order chi connectivity index (χ1) is 8.92. The minimum atomic E-state index is 0.711. The van der Waals surface area contributed by atoms with Gasteiger partial charge in [-0.3, -0.25) is 4.98 Å². The molecule has 0 N–H and O–H groups in total. The molecular formula is C14H12N4. The van der Waals surface area contributed by atoms with E-state index in [-0.39, 0.29) is 0 Å². The molecule has 0 aliphatic rings. The lowest BCUT2D eigenvalue weighted by molar-refractivity contribution is 0.686. The first-order valence-corrected chi connectivity index (χ1v) is 5.75. The number of rotatable bonds is 3. The van der Waals surface area contributed by atoms with E-state index in [9.17, 15) is 0 Å². The van der Waals surface area contributed by atoms with Crippen LogP contribution in [0.25, 0.3) is 11.4 Å². The largest absolute Gasteiger partial charge is 0.265 e. The van der Waals surface area contributed by atoms with Crippen LogP contribution in [0.2, 0.25) is 0 Å². The zero-order valence-electron chi connectivity index (χ0n) is 9.77. The average Bonchev–Trinajstić information content (AvgIpc) is 2.89. The van der Waals surface area contributed by atoms with E-state index in [1.54, 1.807) is 18.7 Å². The van der Waals surface area contributed by atoms with Gasteiger partial charge in [0, 0.05) is 18.0 Å². The van der Waals surface area contributed by atoms with Crippen molar-refractivity contribution in [3.63, 3.8) is 0 Å². The third kappa shape index (κ3) is 2.27. The summed E-state index contributed by atoms with van der Waals surface area (Å²) in [7, 11) is 0. The molecule has 3 rings (SSSR count). The highest BCUT2D eigenvalue weighted by molar-refractivity contribution is 5.53. The summed E-state index contributed by atoms with van der Waals surface area (Å²) in [4.78, 5) is 8.31. The summed E-state index contributed by atoms with van der Waals surface area (Å²) in [6, 6.07) is 13.9. The van der Waals surface area contributed by atoms with Crippen LogP contribution in [0.4, 0.5) is 0 Å². The Balaban J connectivity index is 1.82. The smallest absolute Gasteiger partial charge is 0.181 e. The normalized spacial score (nSPS) is 10.4. The summed E-state index contributed by atoms with van der Waals surface area (Å²) in [6.07, 6.45) is 5.32. The van der Waals surface area contributed by atoms with Gasteiger partial charge in [0.05, 0.1) is 6.54 Å². The number of benzene rings is 1. The number of hydrogen-bond acceptors (Lipinski definition) is 3. The molecule has 0 atom stereocenters. The Morgan fingerprint density at radius 3 is 2.50 bits per heavy atom. The molecule has 2 aromatic heterocycles. The second-order valence-electron chi connectivity index (χ2n) is 3.99. The lowest BCUT2D eigenvalue weighted by atomic mass is 10.2. The van der Waals surface area contributed by atoms with Crippen LogP contribution < -0.4 is 0 Å². The van der Waals surface area contributed by atoms with Crippen molar-refractivity contribution in [2.24, 2.45) is 0 Å². The van der Waals surface area contributed by atoms with Crippen LogP contribution >= 0.6 is 0 Å². The first kappa shape index (κ1) is 10.7. The summed E-state index contributed by atoms with van der Waals surface area (Å²) in [5.41, 5.74) is 2.19. The van der Waals surface area contributed by atoms with Crippen molar-refractivity contribution in [3.8, 4) is 11.4 Å². The molecule has 0 aliphatic carbocycles. The second kappa shape index (κ2) is 4.79. The van der Waals surface area contributed by atoms with E-state index in [1.807, 2.05) is 47.1 Å². The first-order valence-electron chi connectivity index (χ1n) is 5.75. The van der Waals surface area contributed by atoms with Gasteiger partial charge in [0.1, 0.15) is 6.33 Å². The quantitative estimate of drug-likeness (QED) is 0.701. The Morgan fingerprint density at radius 2 is 1.72 bits per heavy atom. The lowest BCUT2D eigenvalue weighted by Gasteiger charge is -1.99. The Bertz CT molecular complexity index is 617. The fourth-order valence-corrected chi connectivity index (χ4v) is 1.77. The molecule has 88 valence electrons. The summed E-state index contributed by atoms with van der Waals surface area (Å²) < 4.78 is 1.83. The molecule has 0 amide bonds. The Morgan fingerprint density at radius 1 is 0.944 bits per heavy atom. The maximum absolute atomic E-state index is 4.46. The summed E-state index contributed by atoms with van der Waals surface area (Å²) in [5.74, 6) is 0.754. The van der Waals surface area contributed by atoms with Crippen LogP contribution in [0.3, 0.4) is 0 Å². The molecule has 0 spiro atoms. The zero-order valence-corrected chi connectivity index (χ0v) is 9.77. The average molecular weight is 236 g/mol. The minimum absolute atomic E-state index is 0.711. The Hall–Kier alpha value is -2.49. The topological polar surface area (TPSA) is 43.6 Å². The Labute approximate surface area is 105 Å².